The van der Waals surface area contributed by atoms with Crippen molar-refractivity contribution in [3.63, 3.8) is 0 Å². The van der Waals surface area contributed by atoms with E-state index in [0.717, 1.165) is 0 Å². The average Bonchev–Trinajstić information content (AvgIpc) is 0.811. The summed E-state index contributed by atoms with van der Waals surface area (Å²) >= 11 is 0. The van der Waals surface area contributed by atoms with Gasteiger partial charge in [0.1, 0.15) is 0 Å². The van der Waals surface area contributed by atoms with Crippen LogP contribution in [0.5, 0.6) is 0 Å². The second kappa shape index (κ2) is 9.00. The topological polar surface area (TPSA) is 17.1 Å². The second-order valence-corrected chi connectivity index (χ2v) is 0.702. The fourth-order valence-electron chi connectivity index (χ4n) is 0. The van der Waals surface area contributed by atoms with Crippen LogP contribution < -0.4 is 0 Å². The SMILES string of the molecule is [CH2-]C(C)=O.[CH3-].[Mg+2]. The zero-order valence-corrected chi connectivity index (χ0v) is 5.74. The van der Waals surface area contributed by atoms with Crippen LogP contribution in [0.2, 0.25) is 0 Å². The molecule has 0 aromatic rings. The summed E-state index contributed by atoms with van der Waals surface area (Å²) in [5, 5.41) is 0. The van der Waals surface area contributed by atoms with Crippen LogP contribution in [0.15, 0.2) is 0 Å². The number of ketones is 1. The molecule has 0 aromatic carbocycles. The monoisotopic (exact) mass is 96.0 g/mol. The van der Waals surface area contributed by atoms with E-state index in [-0.39, 0.29) is 36.3 Å². The molecule has 0 aliphatic heterocycles. The standard InChI is InChI=1S/C3H5O.CH3.Mg/c1-3(2)4;;/h1H2,2H3;1H3;/q2*-1;+2. The van der Waals surface area contributed by atoms with Gasteiger partial charge in [-0.3, -0.25) is 0 Å². The van der Waals surface area contributed by atoms with Crippen molar-refractivity contribution < 1.29 is 4.79 Å². The first-order chi connectivity index (χ1) is 1.73. The molecule has 0 aromatic heterocycles. The first-order valence-electron chi connectivity index (χ1n) is 1.06. The minimum atomic E-state index is -0.0833. The summed E-state index contributed by atoms with van der Waals surface area (Å²) < 4.78 is 0. The van der Waals surface area contributed by atoms with Crippen molar-refractivity contribution >= 4 is 28.8 Å². The Bertz CT molecular complexity index is 30.5. The van der Waals surface area contributed by atoms with E-state index in [1.807, 2.05) is 0 Å². The predicted molar refractivity (Wildman–Crippen MR) is 28.2 cm³/mol. The van der Waals surface area contributed by atoms with Crippen LogP contribution in [0.3, 0.4) is 0 Å². The predicted octanol–water partition coefficient (Wildman–Crippen LogP) is 0.479. The normalized spacial score (nSPS) is 4.17. The van der Waals surface area contributed by atoms with E-state index in [0.29, 0.717) is 0 Å². The van der Waals surface area contributed by atoms with E-state index < -0.39 is 0 Å². The Morgan fingerprint density at radius 3 is 1.67 bits per heavy atom. The van der Waals surface area contributed by atoms with Gasteiger partial charge in [-0.1, -0.05) is 0 Å². The van der Waals surface area contributed by atoms with Gasteiger partial charge in [0.2, 0.25) is 0 Å². The van der Waals surface area contributed by atoms with Crippen molar-refractivity contribution in [3.8, 4) is 0 Å². The van der Waals surface area contributed by atoms with Crippen molar-refractivity contribution in [3.05, 3.63) is 14.4 Å². The second-order valence-electron chi connectivity index (χ2n) is 0.702. The van der Waals surface area contributed by atoms with E-state index in [4.69, 9.17) is 0 Å². The molecule has 0 bridgehead atoms. The largest absolute Gasteiger partial charge is 2.00 e. The van der Waals surface area contributed by atoms with Crippen LogP contribution in [0, 0.1) is 14.4 Å². The van der Waals surface area contributed by atoms with Gasteiger partial charge < -0.3 is 19.1 Å². The van der Waals surface area contributed by atoms with Gasteiger partial charge in [-0.25, -0.2) is 0 Å². The van der Waals surface area contributed by atoms with Gasteiger partial charge >= 0.3 is 23.1 Å². The molecule has 1 nitrogen and oxygen atoms in total. The fraction of sp³-hybridized carbons (Fsp3) is 0.250. The molecule has 0 unspecified atom stereocenters. The summed E-state index contributed by atoms with van der Waals surface area (Å²) in [4.78, 5) is 9.33. The summed E-state index contributed by atoms with van der Waals surface area (Å²) in [6.45, 7) is 4.42. The minimum absolute atomic E-state index is 0. The van der Waals surface area contributed by atoms with Crippen LogP contribution in [0.25, 0.3) is 0 Å². The van der Waals surface area contributed by atoms with Gasteiger partial charge in [0.25, 0.3) is 0 Å². The molecule has 0 aliphatic carbocycles. The van der Waals surface area contributed by atoms with E-state index in [2.05, 4.69) is 6.92 Å². The van der Waals surface area contributed by atoms with E-state index in [1.165, 1.54) is 6.92 Å². The molecule has 0 heterocycles. The minimum Gasteiger partial charge on any atom is -0.358 e. The Morgan fingerprint density at radius 2 is 1.67 bits per heavy atom. The van der Waals surface area contributed by atoms with Crippen molar-refractivity contribution in [1.29, 1.82) is 0 Å². The first kappa shape index (κ1) is 16.2. The molecular formula is C4H8MgO. The van der Waals surface area contributed by atoms with Gasteiger partial charge in [0.05, 0.1) is 0 Å². The van der Waals surface area contributed by atoms with Crippen molar-refractivity contribution in [2.45, 2.75) is 6.92 Å². The molecule has 0 fully saturated rings. The Hall–Kier alpha value is 0.306. The molecule has 0 N–H and O–H groups in total. The van der Waals surface area contributed by atoms with Crippen LogP contribution in [-0.4, -0.2) is 28.8 Å². The molecule has 6 heavy (non-hydrogen) atoms. The van der Waals surface area contributed by atoms with Gasteiger partial charge in [0.15, 0.2) is 0 Å². The Kier molecular flexibility index (Phi) is 24.4. The van der Waals surface area contributed by atoms with Gasteiger partial charge in [-0.05, 0) is 12.7 Å². The summed E-state index contributed by atoms with van der Waals surface area (Å²) in [5.41, 5.74) is 0. The van der Waals surface area contributed by atoms with Gasteiger partial charge in [-0.15, -0.1) is 0 Å². The number of carbonyl (C=O) groups excluding carboxylic acids is 1. The zero-order valence-electron chi connectivity index (χ0n) is 4.32. The molecule has 0 spiro atoms. The number of hydrogen-bond acceptors (Lipinski definition) is 1. The third-order valence-electron chi connectivity index (χ3n) is 0. The van der Waals surface area contributed by atoms with Crippen molar-refractivity contribution in [1.82, 2.24) is 0 Å². The number of Topliss-reactive ketones (excluding diaryl/α,β-unsaturated/α-hetero) is 1. The van der Waals surface area contributed by atoms with E-state index >= 15 is 0 Å². The maximum absolute atomic E-state index is 9.33. The van der Waals surface area contributed by atoms with Crippen LogP contribution in [-0.2, 0) is 4.79 Å². The molecular weight excluding hydrogens is 88.3 g/mol. The number of hydrogen-bond donors (Lipinski definition) is 0. The molecule has 0 rings (SSSR count). The Balaban J connectivity index is -0.0000000450. The van der Waals surface area contributed by atoms with Crippen LogP contribution >= 0.6 is 0 Å². The quantitative estimate of drug-likeness (QED) is 0.317. The maximum atomic E-state index is 9.33. The maximum Gasteiger partial charge on any atom is 2.00 e. The molecule has 0 aliphatic rings. The molecule has 0 saturated heterocycles. The molecule has 0 radical (unpaired) electrons. The third kappa shape index (κ3) is 502. The molecule has 0 saturated carbocycles. The van der Waals surface area contributed by atoms with Gasteiger partial charge in [0, 0.05) is 0 Å². The Morgan fingerprint density at radius 1 is 1.67 bits per heavy atom. The van der Waals surface area contributed by atoms with Crippen LogP contribution in [0.4, 0.5) is 0 Å². The smallest absolute Gasteiger partial charge is 0.358 e. The van der Waals surface area contributed by atoms with Crippen molar-refractivity contribution in [2.75, 3.05) is 0 Å². The zero-order chi connectivity index (χ0) is 3.58. The number of carbonyl (C=O) groups is 1. The Labute approximate surface area is 55.3 Å². The molecule has 0 atom stereocenters. The fourth-order valence-corrected chi connectivity index (χ4v) is 0. The molecule has 0 amide bonds. The van der Waals surface area contributed by atoms with Gasteiger partial charge in [-0.2, -0.15) is 0 Å². The molecule has 2 heteroatoms. The summed E-state index contributed by atoms with van der Waals surface area (Å²) in [6.07, 6.45) is 0. The summed E-state index contributed by atoms with van der Waals surface area (Å²) in [6, 6.07) is 0. The summed E-state index contributed by atoms with van der Waals surface area (Å²) in [7, 11) is 0. The number of rotatable bonds is 0. The summed E-state index contributed by atoms with van der Waals surface area (Å²) in [5.74, 6) is -0.0833. The molecule has 32 valence electrons. The first-order valence-corrected chi connectivity index (χ1v) is 1.06. The van der Waals surface area contributed by atoms with Crippen LogP contribution in [0.1, 0.15) is 6.92 Å². The third-order valence-corrected chi connectivity index (χ3v) is 0. The average molecular weight is 96.4 g/mol. The van der Waals surface area contributed by atoms with E-state index in [1.54, 1.807) is 0 Å². The van der Waals surface area contributed by atoms with E-state index in [9.17, 15) is 4.79 Å². The van der Waals surface area contributed by atoms with Crippen molar-refractivity contribution in [2.24, 2.45) is 0 Å².